The second-order valence-corrected chi connectivity index (χ2v) is 2.30. The summed E-state index contributed by atoms with van der Waals surface area (Å²) in [5.74, 6) is -1.02. The first kappa shape index (κ1) is 20.9. The molecule has 0 radical (unpaired) electrons. The molecule has 0 spiro atoms. The molecule has 0 bridgehead atoms. The van der Waals surface area contributed by atoms with Crippen LogP contribution in [-0.4, -0.2) is 36.1 Å². The number of amides is 2. The molecule has 0 unspecified atom stereocenters. The Labute approximate surface area is 104 Å². The third kappa shape index (κ3) is 9.44. The predicted molar refractivity (Wildman–Crippen MR) is 69.3 cm³/mol. The van der Waals surface area contributed by atoms with Gasteiger partial charge in [0.1, 0.15) is 5.78 Å². The Bertz CT molecular complexity index is 242. The summed E-state index contributed by atoms with van der Waals surface area (Å²) >= 11 is 0. The topological polar surface area (TPSA) is 80.5 Å². The van der Waals surface area contributed by atoms with Crippen molar-refractivity contribution in [3.63, 3.8) is 0 Å². The van der Waals surface area contributed by atoms with Crippen LogP contribution < -0.4 is 5.73 Å². The van der Waals surface area contributed by atoms with E-state index in [0.29, 0.717) is 0 Å². The van der Waals surface area contributed by atoms with Crippen LogP contribution in [0.3, 0.4) is 0 Å². The summed E-state index contributed by atoms with van der Waals surface area (Å²) in [5.41, 5.74) is 4.50. The van der Waals surface area contributed by atoms with Crippen LogP contribution in [0.2, 0.25) is 0 Å². The summed E-state index contributed by atoms with van der Waals surface area (Å²) in [5, 5.41) is 0. The van der Waals surface area contributed by atoms with Gasteiger partial charge in [-0.25, -0.2) is 0 Å². The van der Waals surface area contributed by atoms with Gasteiger partial charge in [0.2, 0.25) is 0 Å². The lowest BCUT2D eigenvalue weighted by molar-refractivity contribution is -0.140. The van der Waals surface area contributed by atoms with E-state index in [0.717, 1.165) is 17.1 Å². The van der Waals surface area contributed by atoms with E-state index in [2.05, 4.69) is 5.73 Å². The van der Waals surface area contributed by atoms with Crippen molar-refractivity contribution in [3.05, 3.63) is 12.2 Å². The summed E-state index contributed by atoms with van der Waals surface area (Å²) in [6.45, 7) is 9.21. The van der Waals surface area contributed by atoms with E-state index in [9.17, 15) is 14.4 Å². The monoisotopic (exact) mass is 244 g/mol. The number of hydrogen-bond donors (Lipinski definition) is 1. The molecular weight excluding hydrogens is 220 g/mol. The third-order valence-corrected chi connectivity index (χ3v) is 1.28. The minimum Gasteiger partial charge on any atom is -0.333 e. The lowest BCUT2D eigenvalue weighted by atomic mass is 10.4. The average Bonchev–Trinajstić information content (AvgIpc) is 2.68. The molecule has 2 N–H and O–H groups in total. The Hall–Kier alpha value is -1.49. The summed E-state index contributed by atoms with van der Waals surface area (Å²) in [6.07, 6.45) is 2.32. The first-order valence-electron chi connectivity index (χ1n) is 5.72. The number of ketones is 1. The van der Waals surface area contributed by atoms with Crippen molar-refractivity contribution in [1.82, 2.24) is 4.90 Å². The fourth-order valence-electron chi connectivity index (χ4n) is 0.810. The Morgan fingerprint density at radius 3 is 1.59 bits per heavy atom. The van der Waals surface area contributed by atoms with Gasteiger partial charge in [-0.05, 0) is 14.0 Å². The summed E-state index contributed by atoms with van der Waals surface area (Å²) in [6, 6.07) is 0. The molecule has 0 aliphatic carbocycles. The van der Waals surface area contributed by atoms with Crippen LogP contribution in [0.5, 0.6) is 0 Å². The number of Topliss-reactive ketones (excluding diaryl/α,β-unsaturated/α-hetero) is 1. The van der Waals surface area contributed by atoms with Gasteiger partial charge in [-0.2, -0.15) is 0 Å². The zero-order valence-electron chi connectivity index (χ0n) is 11.6. The van der Waals surface area contributed by atoms with Crippen LogP contribution in [0.4, 0.5) is 0 Å². The van der Waals surface area contributed by atoms with E-state index < -0.39 is 11.8 Å². The molecule has 5 nitrogen and oxygen atoms in total. The molecule has 1 aliphatic rings. The maximum Gasteiger partial charge on any atom is 0.254 e. The molecule has 1 heterocycles. The highest BCUT2D eigenvalue weighted by Crippen LogP contribution is 2.02. The lowest BCUT2D eigenvalue weighted by Gasteiger charge is -2.09. The van der Waals surface area contributed by atoms with Gasteiger partial charge in [0, 0.05) is 12.2 Å². The van der Waals surface area contributed by atoms with Crippen LogP contribution in [0.15, 0.2) is 12.2 Å². The third-order valence-electron chi connectivity index (χ3n) is 1.28. The van der Waals surface area contributed by atoms with E-state index in [1.807, 2.05) is 27.7 Å². The van der Waals surface area contributed by atoms with Crippen molar-refractivity contribution in [2.45, 2.75) is 34.6 Å². The molecule has 1 aliphatic heterocycles. The quantitative estimate of drug-likeness (QED) is 0.738. The first-order chi connectivity index (χ1) is 8.11. The fraction of sp³-hybridized carbons (Fsp3) is 0.583. The van der Waals surface area contributed by atoms with Crippen LogP contribution in [0.1, 0.15) is 34.6 Å². The summed E-state index contributed by atoms with van der Waals surface area (Å²) in [7, 11) is 1.50. The molecule has 0 atom stereocenters. The molecule has 0 fully saturated rings. The normalized spacial score (nSPS) is 11.6. The average molecular weight is 244 g/mol. The predicted octanol–water partition coefficient (Wildman–Crippen LogP) is 1.13. The lowest BCUT2D eigenvalue weighted by Crippen LogP contribution is -2.34. The van der Waals surface area contributed by atoms with E-state index in [-0.39, 0.29) is 12.3 Å². The first-order valence-corrected chi connectivity index (χ1v) is 5.72. The van der Waals surface area contributed by atoms with Gasteiger partial charge < -0.3 is 5.73 Å². The molecule has 1 rings (SSSR count). The molecular formula is C12H24N2O3. The smallest absolute Gasteiger partial charge is 0.254 e. The number of hydrogen-bond acceptors (Lipinski definition) is 4. The Morgan fingerprint density at radius 1 is 1.06 bits per heavy atom. The van der Waals surface area contributed by atoms with E-state index in [1.54, 1.807) is 0 Å². The van der Waals surface area contributed by atoms with Gasteiger partial charge in [0.15, 0.2) is 0 Å². The van der Waals surface area contributed by atoms with Crippen molar-refractivity contribution in [2.24, 2.45) is 5.73 Å². The molecule has 100 valence electrons. The summed E-state index contributed by atoms with van der Waals surface area (Å²) < 4.78 is 0. The largest absolute Gasteiger partial charge is 0.333 e. The minimum atomic E-state index is -0.412. The second kappa shape index (κ2) is 14.5. The molecule has 17 heavy (non-hydrogen) atoms. The molecule has 0 aromatic rings. The van der Waals surface area contributed by atoms with Gasteiger partial charge >= 0.3 is 0 Å². The maximum atomic E-state index is 10.8. The Morgan fingerprint density at radius 2 is 1.35 bits per heavy atom. The van der Waals surface area contributed by atoms with Gasteiger partial charge in [-0.3, -0.25) is 19.3 Å². The highest BCUT2D eigenvalue weighted by Gasteiger charge is 2.23. The molecule has 0 saturated carbocycles. The molecule has 0 aromatic heterocycles. The van der Waals surface area contributed by atoms with Gasteiger partial charge in [0.05, 0.1) is 6.54 Å². The molecule has 0 aromatic carbocycles. The minimum absolute atomic E-state index is 0.120. The second-order valence-electron chi connectivity index (χ2n) is 2.30. The zero-order chi connectivity index (χ0) is 14.4. The molecule has 5 heteroatoms. The molecule has 2 amide bonds. The van der Waals surface area contributed by atoms with Gasteiger partial charge in [0.25, 0.3) is 11.8 Å². The highest BCUT2D eigenvalue weighted by atomic mass is 16.2. The Balaban J connectivity index is -0.000000285. The van der Waals surface area contributed by atoms with Crippen LogP contribution in [0, 0.1) is 0 Å². The fourth-order valence-corrected chi connectivity index (χ4v) is 0.810. The van der Waals surface area contributed by atoms with Crippen molar-refractivity contribution < 1.29 is 14.4 Å². The number of carbonyl (C=O) groups excluding carboxylic acids is 3. The van der Waals surface area contributed by atoms with Crippen molar-refractivity contribution in [1.29, 1.82) is 0 Å². The van der Waals surface area contributed by atoms with Gasteiger partial charge in [-0.15, -0.1) is 0 Å². The van der Waals surface area contributed by atoms with Gasteiger partial charge in [-0.1, -0.05) is 27.7 Å². The van der Waals surface area contributed by atoms with Crippen molar-refractivity contribution in [2.75, 3.05) is 13.6 Å². The van der Waals surface area contributed by atoms with E-state index >= 15 is 0 Å². The Kier molecular flexibility index (Phi) is 17.8. The number of carbonyl (C=O) groups is 3. The van der Waals surface area contributed by atoms with E-state index in [1.165, 1.54) is 14.0 Å². The van der Waals surface area contributed by atoms with Crippen molar-refractivity contribution in [3.8, 4) is 0 Å². The summed E-state index contributed by atoms with van der Waals surface area (Å²) in [4.78, 5) is 33.0. The highest BCUT2D eigenvalue weighted by molar-refractivity contribution is 6.14. The SMILES string of the molecule is CC.CC.CC(=O)CN1C(=O)C=CC1=O.CN. The standard InChI is InChI=1S/C7H7NO3.2C2H6.CH5N/c1-5(9)4-8-6(10)2-3-7(8)11;3*1-2/h2-3H,4H2,1H3;2*1-2H3;2H2,1H3. The van der Waals surface area contributed by atoms with E-state index in [4.69, 9.17) is 0 Å². The van der Waals surface area contributed by atoms with Crippen LogP contribution in [0.25, 0.3) is 0 Å². The van der Waals surface area contributed by atoms with Crippen molar-refractivity contribution >= 4 is 17.6 Å². The number of rotatable bonds is 2. The number of nitrogens with zero attached hydrogens (tertiary/aromatic N) is 1. The maximum absolute atomic E-state index is 10.8. The number of imide groups is 1. The van der Waals surface area contributed by atoms with Crippen LogP contribution in [-0.2, 0) is 14.4 Å². The zero-order valence-corrected chi connectivity index (χ0v) is 11.6. The molecule has 0 saturated heterocycles. The van der Waals surface area contributed by atoms with Crippen LogP contribution >= 0.6 is 0 Å². The number of nitrogens with two attached hydrogens (primary N) is 1.